The molecule has 2 aromatic heterocycles. The molecular formula is C22H26ClN5O3. The van der Waals surface area contributed by atoms with Gasteiger partial charge in [-0.25, -0.2) is 4.98 Å². The van der Waals surface area contributed by atoms with Crippen LogP contribution in [0.25, 0.3) is 0 Å². The molecule has 1 aliphatic rings. The summed E-state index contributed by atoms with van der Waals surface area (Å²) in [6, 6.07) is 8.52. The minimum absolute atomic E-state index is 0.0711. The molecule has 9 heteroatoms. The molecule has 1 aromatic carbocycles. The van der Waals surface area contributed by atoms with E-state index in [1.54, 1.807) is 30.3 Å². The molecule has 1 saturated heterocycles. The number of carbonyl (C=O) groups excluding carboxylic acids is 1. The van der Waals surface area contributed by atoms with E-state index < -0.39 is 0 Å². The fourth-order valence-electron chi connectivity index (χ4n) is 3.01. The van der Waals surface area contributed by atoms with Gasteiger partial charge in [0, 0.05) is 24.2 Å². The molecule has 1 atom stereocenters. The van der Waals surface area contributed by atoms with Crippen LogP contribution in [0.5, 0.6) is 5.88 Å². The number of pyridine rings is 1. The number of nitrogens with zero attached hydrogens (tertiary/aromatic N) is 2. The highest BCUT2D eigenvalue weighted by Gasteiger charge is 2.22. The molecular weight excluding hydrogens is 418 g/mol. The maximum absolute atomic E-state index is 13.1. The summed E-state index contributed by atoms with van der Waals surface area (Å²) in [4.78, 5) is 17.4. The van der Waals surface area contributed by atoms with E-state index in [4.69, 9.17) is 26.8 Å². The van der Waals surface area contributed by atoms with Crippen molar-refractivity contribution in [1.29, 1.82) is 0 Å². The van der Waals surface area contributed by atoms with Gasteiger partial charge in [-0.2, -0.15) is 5.10 Å². The number of rotatable bonds is 6. The van der Waals surface area contributed by atoms with E-state index in [1.165, 1.54) is 6.20 Å². The predicted molar refractivity (Wildman–Crippen MR) is 121 cm³/mol. The van der Waals surface area contributed by atoms with Gasteiger partial charge in [-0.05, 0) is 19.1 Å². The summed E-state index contributed by atoms with van der Waals surface area (Å²) in [5.74, 6) is 0.522. The normalized spacial score (nSPS) is 15.2. The van der Waals surface area contributed by atoms with Gasteiger partial charge in [-0.15, -0.1) is 0 Å². The fraction of sp³-hybridized carbons (Fsp3) is 0.318. The van der Waals surface area contributed by atoms with Gasteiger partial charge in [0.2, 0.25) is 5.88 Å². The molecule has 3 heterocycles. The van der Waals surface area contributed by atoms with Crippen LogP contribution in [-0.4, -0.2) is 40.3 Å². The summed E-state index contributed by atoms with van der Waals surface area (Å²) < 4.78 is 11.2. The highest BCUT2D eigenvalue weighted by molar-refractivity contribution is 6.35. The number of anilines is 3. The minimum atomic E-state index is -0.271. The molecule has 0 saturated carbocycles. The molecule has 1 fully saturated rings. The van der Waals surface area contributed by atoms with E-state index in [0.29, 0.717) is 52.4 Å². The predicted octanol–water partition coefficient (Wildman–Crippen LogP) is 4.52. The summed E-state index contributed by atoms with van der Waals surface area (Å²) in [6.45, 7) is 6.97. The zero-order valence-electron chi connectivity index (χ0n) is 17.7. The molecule has 0 aliphatic carbocycles. The molecule has 4 rings (SSSR count). The Morgan fingerprint density at radius 1 is 1.32 bits per heavy atom. The number of halogens is 1. The Morgan fingerprint density at radius 3 is 2.74 bits per heavy atom. The second-order valence-corrected chi connectivity index (χ2v) is 7.12. The minimum Gasteiger partial charge on any atom is -0.472 e. The van der Waals surface area contributed by atoms with Crippen molar-refractivity contribution in [3.63, 3.8) is 0 Å². The first-order valence-electron chi connectivity index (χ1n) is 10.1. The summed E-state index contributed by atoms with van der Waals surface area (Å²) in [7, 11) is 0. The fourth-order valence-corrected chi connectivity index (χ4v) is 3.23. The lowest BCUT2D eigenvalue weighted by Crippen LogP contribution is -2.17. The van der Waals surface area contributed by atoms with Gasteiger partial charge >= 0.3 is 0 Å². The van der Waals surface area contributed by atoms with Gasteiger partial charge in [0.05, 0.1) is 40.9 Å². The van der Waals surface area contributed by atoms with Crippen LogP contribution in [0.3, 0.4) is 0 Å². The molecule has 164 valence electrons. The van der Waals surface area contributed by atoms with Crippen molar-refractivity contribution in [3.05, 3.63) is 58.4 Å². The van der Waals surface area contributed by atoms with Gasteiger partial charge in [-0.3, -0.25) is 9.89 Å². The summed E-state index contributed by atoms with van der Waals surface area (Å²) >= 11 is 6.22. The monoisotopic (exact) mass is 443 g/mol. The van der Waals surface area contributed by atoms with Crippen LogP contribution in [0.4, 0.5) is 17.2 Å². The average molecular weight is 444 g/mol. The number of H-pyrrole nitrogens is 1. The van der Waals surface area contributed by atoms with Crippen LogP contribution in [0.1, 0.15) is 41.9 Å². The number of nitrogens with one attached hydrogen (secondary N) is 2. The topological polar surface area (TPSA) is 115 Å². The van der Waals surface area contributed by atoms with Gasteiger partial charge in [0.25, 0.3) is 0 Å². The lowest BCUT2D eigenvalue weighted by atomic mass is 10.0. The molecule has 0 bridgehead atoms. The second-order valence-electron chi connectivity index (χ2n) is 6.72. The molecule has 31 heavy (non-hydrogen) atoms. The maximum atomic E-state index is 13.1. The number of benzene rings is 1. The third-order valence-electron chi connectivity index (χ3n) is 4.66. The van der Waals surface area contributed by atoms with Crippen LogP contribution in [-0.2, 0) is 4.74 Å². The lowest BCUT2D eigenvalue weighted by molar-refractivity contribution is 0.103. The van der Waals surface area contributed by atoms with Crippen LogP contribution in [0.2, 0.25) is 5.02 Å². The van der Waals surface area contributed by atoms with E-state index >= 15 is 0 Å². The summed E-state index contributed by atoms with van der Waals surface area (Å²) in [5, 5.41) is 10.4. The van der Waals surface area contributed by atoms with Crippen molar-refractivity contribution in [1.82, 2.24) is 15.2 Å². The van der Waals surface area contributed by atoms with Gasteiger partial charge < -0.3 is 20.5 Å². The average Bonchev–Trinajstić information content (AvgIpc) is 3.41. The number of nitrogens with two attached hydrogens (primary N) is 1. The Hall–Kier alpha value is -3.10. The van der Waals surface area contributed by atoms with Crippen molar-refractivity contribution < 1.29 is 14.3 Å². The Balaban J connectivity index is 0.00000132. The van der Waals surface area contributed by atoms with Crippen molar-refractivity contribution in [2.24, 2.45) is 0 Å². The standard InChI is InChI=1S/C20H20ClN5O3.C2H6/c1-11-18(22)20(26-25-11)24-16-8-17(29-12-6-7-28-10-12)23-9-14(16)19(27)13-4-2-3-5-15(13)21;1-2/h2-5,8-9,12H,6-7,10,22H2,1H3,(H2,23,24,25,26);1-2H3. The number of aryl methyl sites for hydroxylation is 1. The highest BCUT2D eigenvalue weighted by Crippen LogP contribution is 2.30. The quantitative estimate of drug-likeness (QED) is 0.480. The SMILES string of the molecule is CC.Cc1[nH]nc(Nc2cc(OC3CCOC3)ncc2C(=O)c2ccccc2Cl)c1N. The Bertz CT molecular complexity index is 1050. The molecule has 4 N–H and O–H groups in total. The first kappa shape index (κ1) is 22.6. The van der Waals surface area contributed by atoms with Crippen LogP contribution in [0.15, 0.2) is 36.5 Å². The van der Waals surface area contributed by atoms with Crippen LogP contribution < -0.4 is 15.8 Å². The zero-order chi connectivity index (χ0) is 22.4. The van der Waals surface area contributed by atoms with Gasteiger partial charge in [0.1, 0.15) is 6.10 Å². The highest BCUT2D eigenvalue weighted by atomic mass is 35.5. The number of aromatic amines is 1. The third-order valence-corrected chi connectivity index (χ3v) is 4.99. The van der Waals surface area contributed by atoms with Crippen molar-refractivity contribution in [2.75, 3.05) is 24.3 Å². The van der Waals surface area contributed by atoms with Crippen molar-refractivity contribution >= 4 is 34.6 Å². The second kappa shape index (κ2) is 10.3. The smallest absolute Gasteiger partial charge is 0.215 e. The number of ether oxygens (including phenoxy) is 2. The van der Waals surface area contributed by atoms with E-state index in [2.05, 4.69) is 20.5 Å². The van der Waals surface area contributed by atoms with E-state index in [9.17, 15) is 4.79 Å². The summed E-state index contributed by atoms with van der Waals surface area (Å²) in [6.07, 6.45) is 2.18. The van der Waals surface area contributed by atoms with Crippen LogP contribution >= 0.6 is 11.6 Å². The first-order chi connectivity index (χ1) is 15.0. The number of aromatic nitrogens is 3. The van der Waals surface area contributed by atoms with Gasteiger partial charge in [0.15, 0.2) is 11.6 Å². The first-order valence-corrected chi connectivity index (χ1v) is 10.5. The number of hydrogen-bond acceptors (Lipinski definition) is 7. The number of ketones is 1. The number of nitrogen functional groups attached to an aromatic ring is 1. The summed E-state index contributed by atoms with van der Waals surface area (Å²) in [5.41, 5.74) is 8.42. The van der Waals surface area contributed by atoms with Crippen molar-refractivity contribution in [2.45, 2.75) is 33.3 Å². The number of carbonyl (C=O) groups is 1. The largest absolute Gasteiger partial charge is 0.472 e. The van der Waals surface area contributed by atoms with E-state index in [-0.39, 0.29) is 11.9 Å². The molecule has 3 aromatic rings. The molecule has 0 spiro atoms. The van der Waals surface area contributed by atoms with E-state index in [1.807, 2.05) is 20.8 Å². The Morgan fingerprint density at radius 2 is 2.10 bits per heavy atom. The van der Waals surface area contributed by atoms with E-state index in [0.717, 1.165) is 12.1 Å². The van der Waals surface area contributed by atoms with Crippen LogP contribution in [0, 0.1) is 6.92 Å². The lowest BCUT2D eigenvalue weighted by Gasteiger charge is -2.15. The molecule has 1 unspecified atom stereocenters. The Kier molecular flexibility index (Phi) is 7.49. The Labute approximate surface area is 186 Å². The molecule has 1 aliphatic heterocycles. The third kappa shape index (κ3) is 5.15. The van der Waals surface area contributed by atoms with Gasteiger partial charge in [-0.1, -0.05) is 37.6 Å². The number of hydrogen-bond donors (Lipinski definition) is 3. The molecule has 8 nitrogen and oxygen atoms in total. The maximum Gasteiger partial charge on any atom is 0.215 e. The molecule has 0 radical (unpaired) electrons. The zero-order valence-corrected chi connectivity index (χ0v) is 18.5. The van der Waals surface area contributed by atoms with Crippen molar-refractivity contribution in [3.8, 4) is 5.88 Å². The molecule has 0 amide bonds.